The van der Waals surface area contributed by atoms with Crippen LogP contribution in [0.5, 0.6) is 0 Å². The Morgan fingerprint density at radius 2 is 0.573 bits per heavy atom. The number of ether oxygens (including phenoxy) is 9. The van der Waals surface area contributed by atoms with Gasteiger partial charge in [0.1, 0.15) is 0 Å². The van der Waals surface area contributed by atoms with E-state index in [1.807, 2.05) is 81.8 Å². The number of nitrogens with one attached hydrogen (secondary N) is 3. The highest BCUT2D eigenvalue weighted by molar-refractivity contribution is 8.21. The molecule has 0 radical (unpaired) electrons. The number of nitrogens with two attached hydrogens (primary N) is 1. The van der Waals surface area contributed by atoms with Crippen molar-refractivity contribution >= 4 is 163 Å². The number of likely N-dealkylation sites (N-methyl/N-ethyl adjacent to an activating group) is 3. The van der Waals surface area contributed by atoms with Gasteiger partial charge in [0.15, 0.2) is 19.7 Å². The molecule has 143 heavy (non-hydrogen) atoms. The van der Waals surface area contributed by atoms with Gasteiger partial charge in [-0.25, -0.2) is 56.3 Å². The summed E-state index contributed by atoms with van der Waals surface area (Å²) < 4.78 is 188. The van der Waals surface area contributed by atoms with Crippen LogP contribution in [0.25, 0.3) is 22.3 Å². The van der Waals surface area contributed by atoms with Gasteiger partial charge in [-0.2, -0.15) is 0 Å². The summed E-state index contributed by atoms with van der Waals surface area (Å²) >= 11 is 38.5. The van der Waals surface area contributed by atoms with E-state index in [2.05, 4.69) is 53.1 Å². The van der Waals surface area contributed by atoms with Crippen LogP contribution in [0, 0.1) is 0 Å². The summed E-state index contributed by atoms with van der Waals surface area (Å²) in [6.45, 7) is 10.1. The summed E-state index contributed by atoms with van der Waals surface area (Å²) in [5.41, 5.74) is 17.7. The lowest BCUT2D eigenvalue weighted by Crippen LogP contribution is -2.31. The molecule has 3 aliphatic heterocycles. The molecule has 0 spiro atoms. The maximum Gasteiger partial charge on any atom is 0.240 e. The lowest BCUT2D eigenvalue weighted by Gasteiger charge is -2.33. The topological polar surface area (TPSA) is 452 Å². The molecule has 0 aromatic heterocycles. The van der Waals surface area contributed by atoms with Crippen molar-refractivity contribution < 1.29 is 107 Å². The molecule has 45 heteroatoms. The summed E-state index contributed by atoms with van der Waals surface area (Å²) in [5, 5.41) is 3.45. The van der Waals surface area contributed by atoms with Gasteiger partial charge in [-0.3, -0.25) is 0 Å². The molecular formula is C98H123Cl8N7O23S7. The minimum atomic E-state index is -3.84. The van der Waals surface area contributed by atoms with Crippen LogP contribution >= 0.6 is 113 Å². The van der Waals surface area contributed by atoms with Crippen molar-refractivity contribution in [3.05, 3.63) is 286 Å². The van der Waals surface area contributed by atoms with Gasteiger partial charge in [-0.1, -0.05) is 155 Å². The van der Waals surface area contributed by atoms with E-state index < -0.39 is 49.7 Å². The van der Waals surface area contributed by atoms with E-state index >= 15 is 0 Å². The number of hydrogen-bond acceptors (Lipinski definition) is 25. The number of sulfonamides is 3. The third-order valence-corrected chi connectivity index (χ3v) is 34.3. The first-order chi connectivity index (χ1) is 66.7. The lowest BCUT2D eigenvalue weighted by atomic mass is 9.85. The van der Waals surface area contributed by atoms with E-state index in [-0.39, 0.29) is 188 Å². The second kappa shape index (κ2) is 62.1. The van der Waals surface area contributed by atoms with Gasteiger partial charge < -0.3 is 85.0 Å². The van der Waals surface area contributed by atoms with Crippen LogP contribution < -0.4 is 19.9 Å². The number of sulfone groups is 2. The maximum atomic E-state index is 13.3. The van der Waals surface area contributed by atoms with Crippen LogP contribution in [-0.4, -0.2) is 276 Å². The molecule has 10 aromatic carbocycles. The second-order valence-corrected chi connectivity index (χ2v) is 47.1. The Labute approximate surface area is 886 Å². The van der Waals surface area contributed by atoms with Crippen LogP contribution in [0.4, 0.5) is 0 Å². The quantitative estimate of drug-likeness (QED) is 0.0257. The molecule has 3 heterocycles. The number of fused-ring (bicyclic) bond motifs is 3. The number of halogens is 8. The first kappa shape index (κ1) is 124. The Balaban J connectivity index is 0.000000410. The molecule has 30 nitrogen and oxygen atoms in total. The predicted molar refractivity (Wildman–Crippen MR) is 570 cm³/mol. The van der Waals surface area contributed by atoms with Crippen LogP contribution in [0.3, 0.4) is 0 Å². The molecular weight excluding hydrogens is 2150 g/mol. The van der Waals surface area contributed by atoms with Gasteiger partial charge in [0.2, 0.25) is 30.1 Å². The fraction of sp³-hybridized carbons (Fsp3) is 0.388. The average Bonchev–Trinajstić information content (AvgIpc) is 0.776. The third kappa shape index (κ3) is 38.5. The van der Waals surface area contributed by atoms with Gasteiger partial charge >= 0.3 is 0 Å². The molecule has 0 fully saturated rings. The molecule has 3 atom stereocenters. The van der Waals surface area contributed by atoms with Crippen LogP contribution in [0.15, 0.2) is 241 Å². The maximum absolute atomic E-state index is 13.3. The highest BCUT2D eigenvalue weighted by Crippen LogP contribution is 2.43. The predicted octanol–water partition coefficient (Wildman–Crippen LogP) is 14.9. The van der Waals surface area contributed by atoms with Gasteiger partial charge in [-0.15, -0.1) is 0 Å². The molecule has 0 saturated heterocycles. The third-order valence-electron chi connectivity index (χ3n) is 22.7. The van der Waals surface area contributed by atoms with E-state index in [1.54, 1.807) is 97.1 Å². The Hall–Kier alpha value is -5.83. The number of benzene rings is 10. The number of rotatable bonds is 52. The van der Waals surface area contributed by atoms with Crippen molar-refractivity contribution in [2.75, 3.05) is 197 Å². The highest BCUT2D eigenvalue weighted by atomic mass is 35.7. The molecule has 3 unspecified atom stereocenters. The van der Waals surface area contributed by atoms with Gasteiger partial charge in [-0.05, 0) is 271 Å². The molecule has 0 amide bonds. The van der Waals surface area contributed by atoms with Crippen molar-refractivity contribution in [1.29, 1.82) is 0 Å². The largest absolute Gasteiger partial charge is 0.412 e. The number of nitrogens with zero attached hydrogens (tertiary/aromatic N) is 3. The van der Waals surface area contributed by atoms with E-state index in [1.165, 1.54) is 57.3 Å². The Bertz CT molecular complexity index is 5950. The Morgan fingerprint density at radius 1 is 0.315 bits per heavy atom. The first-order valence-electron chi connectivity index (χ1n) is 44.9. The summed E-state index contributed by atoms with van der Waals surface area (Å²) in [6.07, 6.45) is 0.592. The number of hydrogen-bond donors (Lipinski definition) is 4. The van der Waals surface area contributed by atoms with Crippen LogP contribution in [0.1, 0.15) is 80.7 Å². The monoisotopic (exact) mass is 2270 g/mol. The molecule has 13 N–H and O–H groups in total. The molecule has 3 aliphatic rings. The average molecular weight is 2280 g/mol. The molecule has 0 saturated carbocycles. The van der Waals surface area contributed by atoms with E-state index in [0.29, 0.717) is 120 Å². The minimum Gasteiger partial charge on any atom is -0.412 e. The van der Waals surface area contributed by atoms with Gasteiger partial charge in [0.25, 0.3) is 0 Å². The van der Waals surface area contributed by atoms with Gasteiger partial charge in [0.05, 0.1) is 142 Å². The summed E-state index contributed by atoms with van der Waals surface area (Å²) in [5.74, 6) is -0.417. The molecule has 786 valence electrons. The fourth-order valence-corrected chi connectivity index (χ4v) is 24.4. The summed E-state index contributed by atoms with van der Waals surface area (Å²) in [7, 11) is 1.29. The van der Waals surface area contributed by atoms with Crippen LogP contribution in [0.2, 0.25) is 30.1 Å². The Kier molecular flexibility index (Phi) is 53.9. The zero-order valence-electron chi connectivity index (χ0n) is 79.0. The van der Waals surface area contributed by atoms with Crippen molar-refractivity contribution in [2.24, 2.45) is 5.73 Å². The zero-order valence-corrected chi connectivity index (χ0v) is 90.8. The minimum absolute atomic E-state index is 0. The molecule has 10 aromatic rings. The Morgan fingerprint density at radius 3 is 0.881 bits per heavy atom. The van der Waals surface area contributed by atoms with Crippen molar-refractivity contribution in [3.8, 4) is 22.3 Å². The van der Waals surface area contributed by atoms with Gasteiger partial charge in [0, 0.05) is 136 Å². The van der Waals surface area contributed by atoms with Crippen molar-refractivity contribution in [2.45, 2.75) is 84.5 Å². The van der Waals surface area contributed by atoms with E-state index in [4.69, 9.17) is 139 Å². The van der Waals surface area contributed by atoms with E-state index in [0.717, 1.165) is 66.4 Å². The summed E-state index contributed by atoms with van der Waals surface area (Å²) in [6, 6.07) is 60.8. The molecule has 0 aliphatic carbocycles. The first-order valence-corrected chi connectivity index (χ1v) is 58.2. The fourth-order valence-electron chi connectivity index (χ4n) is 15.8. The standard InChI is InChI=1S/C62H74Cl4N4O14S4.C24H33Cl2N3O5S.C12H8Cl2S2.4H2O/c1-69-41-57(55-37-49(63)39-61(65)59(55)43-69)47-7-3-9-53(35-47)86(73,74)34-6-22-80-26-30-83-29-25-79-21-5-33-85(71,72)51-15-11-45(12-16-51)46-13-17-52(18-14-46)87(75,76)67-19-23-81-27-31-84-32-28-82-24-20-68-88(77,78)54-10-4-8-48(36-54)58-42-70(2)44-60-56(58)38-50(64)40-62(60)66;1-29-16-22(21-14-19(25)15-24(26)23(21)17-29)18-3-2-4-20(13-18)35(30,31)28-6-8-33-10-12-34-11-9-32-7-5-27;13-15-11-5-1-9(2-6-11)10-3-7-12(16-14)8-4-10;;;;/h3-4,7-18,35-40,57-58,67-68H,5-6,19-34,41-44H2,1-2H3;2-4,13-15,22,28H,5-12,16-17,27H2,1H3;1-8H;4*1H2. The lowest BCUT2D eigenvalue weighted by molar-refractivity contribution is 0.0149. The second-order valence-electron chi connectivity index (χ2n) is 32.9. The molecule has 0 bridgehead atoms. The van der Waals surface area contributed by atoms with E-state index in [9.17, 15) is 42.1 Å². The SMILES string of the molecule is CN1Cc2c(Cl)cc(Cl)cc2C(c2cccc(S(=O)(=O)CCCOCCOCCOCCCS(=O)(=O)c3ccc(-c4ccc(S(=O)(=O)NCCOCCOCCOCCNS(=O)(=O)c5cccc(C6CN(C)Cc7c(Cl)cc(Cl)cc76)c5)cc4)cc3)c2)C1.CN1Cc2c(Cl)cc(Cl)cc2C(c2cccc(S(=O)(=O)NCCOCCOCCOCCN)c2)C1.ClSc1ccc(-c2ccc(SCl)cc2)cc1.O.O.O.O. The normalized spacial score (nSPS) is 15.0. The highest BCUT2D eigenvalue weighted by Gasteiger charge is 2.33. The summed E-state index contributed by atoms with van der Waals surface area (Å²) in [4.78, 5) is 9.40. The molecule has 13 rings (SSSR count). The van der Waals surface area contributed by atoms with Crippen molar-refractivity contribution in [3.63, 3.8) is 0 Å². The smallest absolute Gasteiger partial charge is 0.240 e. The van der Waals surface area contributed by atoms with Crippen LogP contribution in [-0.2, 0) is 112 Å². The van der Waals surface area contributed by atoms with Crippen molar-refractivity contribution in [1.82, 2.24) is 28.9 Å². The zero-order chi connectivity index (χ0) is 99.5.